The molecule has 1 aliphatic carbocycles. The summed E-state index contributed by atoms with van der Waals surface area (Å²) in [6, 6.07) is 0. The molecule has 1 amide bonds. The lowest BCUT2D eigenvalue weighted by Crippen LogP contribution is -2.55. The normalized spacial score (nSPS) is 29.7. The summed E-state index contributed by atoms with van der Waals surface area (Å²) in [6.07, 6.45) is 4.13. The molecule has 3 aliphatic rings. The van der Waals surface area contributed by atoms with Crippen LogP contribution in [0.15, 0.2) is 0 Å². The standard InChI is InChI=1S/C15H27N3O4S/c16-14(20)10-17-6-3-15(4-7-17)5-8-18(9-12(15)11-19)23(21,22)13-1-2-13/h12-13,19H,1-11H2,(H2,16,20)/t12-/m1/s1. The minimum Gasteiger partial charge on any atom is -0.396 e. The van der Waals surface area contributed by atoms with E-state index in [1.165, 1.54) is 0 Å². The molecule has 0 bridgehead atoms. The summed E-state index contributed by atoms with van der Waals surface area (Å²) in [4.78, 5) is 13.1. The van der Waals surface area contributed by atoms with E-state index in [-0.39, 0.29) is 35.6 Å². The minimum absolute atomic E-state index is 0.00152. The monoisotopic (exact) mass is 345 g/mol. The number of carbonyl (C=O) groups is 1. The molecule has 1 atom stereocenters. The maximum atomic E-state index is 12.4. The molecule has 132 valence electrons. The molecule has 23 heavy (non-hydrogen) atoms. The average molecular weight is 345 g/mol. The summed E-state index contributed by atoms with van der Waals surface area (Å²) in [5.74, 6) is -0.328. The van der Waals surface area contributed by atoms with Gasteiger partial charge >= 0.3 is 0 Å². The molecule has 0 aromatic rings. The molecule has 0 radical (unpaired) electrons. The van der Waals surface area contributed by atoms with Gasteiger partial charge < -0.3 is 10.8 Å². The van der Waals surface area contributed by atoms with Crippen molar-refractivity contribution in [2.75, 3.05) is 39.3 Å². The highest BCUT2D eigenvalue weighted by molar-refractivity contribution is 7.90. The summed E-state index contributed by atoms with van der Waals surface area (Å²) in [5, 5.41) is 9.66. The first-order chi connectivity index (χ1) is 10.9. The summed E-state index contributed by atoms with van der Waals surface area (Å²) < 4.78 is 26.5. The molecule has 0 unspecified atom stereocenters. The lowest BCUT2D eigenvalue weighted by Gasteiger charge is -2.51. The second-order valence-corrected chi connectivity index (χ2v) is 9.55. The van der Waals surface area contributed by atoms with Gasteiger partial charge in [-0.2, -0.15) is 0 Å². The Kier molecular flexibility index (Phi) is 4.70. The number of sulfonamides is 1. The van der Waals surface area contributed by atoms with Crippen molar-refractivity contribution in [2.45, 2.75) is 37.4 Å². The molecule has 2 saturated heterocycles. The Labute approximate surface area is 137 Å². The maximum absolute atomic E-state index is 12.4. The minimum atomic E-state index is -3.16. The van der Waals surface area contributed by atoms with Crippen LogP contribution in [0.3, 0.4) is 0 Å². The Bertz CT molecular complexity index is 553. The van der Waals surface area contributed by atoms with Crippen LogP contribution in [0, 0.1) is 11.3 Å². The largest absolute Gasteiger partial charge is 0.396 e. The molecule has 3 N–H and O–H groups in total. The van der Waals surface area contributed by atoms with Gasteiger partial charge in [0, 0.05) is 25.6 Å². The molecule has 7 nitrogen and oxygen atoms in total. The van der Waals surface area contributed by atoms with E-state index in [1.54, 1.807) is 4.31 Å². The zero-order valence-corrected chi connectivity index (χ0v) is 14.3. The number of aliphatic hydroxyl groups is 1. The predicted octanol–water partition coefficient (Wildman–Crippen LogP) is -0.640. The first-order valence-corrected chi connectivity index (χ1v) is 9.98. The highest BCUT2D eigenvalue weighted by Crippen LogP contribution is 2.46. The zero-order valence-electron chi connectivity index (χ0n) is 13.5. The number of hydrogen-bond donors (Lipinski definition) is 2. The molecule has 0 aromatic heterocycles. The molecule has 2 heterocycles. The second kappa shape index (κ2) is 6.31. The van der Waals surface area contributed by atoms with Gasteiger partial charge in [-0.05, 0) is 50.6 Å². The van der Waals surface area contributed by atoms with Crippen LogP contribution in [0.2, 0.25) is 0 Å². The average Bonchev–Trinajstić information content (AvgIpc) is 3.35. The first-order valence-electron chi connectivity index (χ1n) is 8.48. The molecule has 0 aromatic carbocycles. The van der Waals surface area contributed by atoms with E-state index >= 15 is 0 Å². The number of primary amides is 1. The van der Waals surface area contributed by atoms with Crippen LogP contribution in [0.4, 0.5) is 0 Å². The van der Waals surface area contributed by atoms with E-state index in [9.17, 15) is 18.3 Å². The van der Waals surface area contributed by atoms with E-state index in [0.717, 1.165) is 45.2 Å². The van der Waals surface area contributed by atoms with Crippen LogP contribution in [0.25, 0.3) is 0 Å². The Hall–Kier alpha value is -0.700. The Morgan fingerprint density at radius 3 is 2.30 bits per heavy atom. The number of aliphatic hydroxyl groups excluding tert-OH is 1. The lowest BCUT2D eigenvalue weighted by molar-refractivity contribution is -0.120. The van der Waals surface area contributed by atoms with Gasteiger partial charge in [-0.3, -0.25) is 9.69 Å². The lowest BCUT2D eigenvalue weighted by atomic mass is 9.65. The fraction of sp³-hybridized carbons (Fsp3) is 0.933. The van der Waals surface area contributed by atoms with E-state index in [0.29, 0.717) is 13.1 Å². The van der Waals surface area contributed by atoms with Gasteiger partial charge in [0.1, 0.15) is 0 Å². The van der Waals surface area contributed by atoms with Crippen LogP contribution in [-0.4, -0.2) is 73.2 Å². The van der Waals surface area contributed by atoms with Gasteiger partial charge in [-0.1, -0.05) is 0 Å². The third-order valence-corrected chi connectivity index (χ3v) is 8.27. The van der Waals surface area contributed by atoms with Crippen LogP contribution in [0.1, 0.15) is 32.1 Å². The van der Waals surface area contributed by atoms with Crippen molar-refractivity contribution >= 4 is 15.9 Å². The fourth-order valence-electron chi connectivity index (χ4n) is 4.18. The van der Waals surface area contributed by atoms with Gasteiger partial charge in [0.15, 0.2) is 0 Å². The first kappa shape index (κ1) is 17.1. The van der Waals surface area contributed by atoms with Crippen molar-refractivity contribution in [3.63, 3.8) is 0 Å². The van der Waals surface area contributed by atoms with Crippen LogP contribution in [0.5, 0.6) is 0 Å². The summed E-state index contributed by atoms with van der Waals surface area (Å²) in [5.41, 5.74) is 5.25. The van der Waals surface area contributed by atoms with Crippen molar-refractivity contribution in [1.82, 2.24) is 9.21 Å². The van der Waals surface area contributed by atoms with Crippen LogP contribution in [-0.2, 0) is 14.8 Å². The number of nitrogens with zero attached hydrogens (tertiary/aromatic N) is 2. The summed E-state index contributed by atoms with van der Waals surface area (Å²) in [6.45, 7) is 2.87. The molecular formula is C15H27N3O4S. The molecule has 8 heteroatoms. The van der Waals surface area contributed by atoms with Crippen molar-refractivity contribution in [1.29, 1.82) is 0 Å². The Balaban J connectivity index is 1.65. The smallest absolute Gasteiger partial charge is 0.231 e. The predicted molar refractivity (Wildman–Crippen MR) is 86.0 cm³/mol. The van der Waals surface area contributed by atoms with Gasteiger partial charge in [0.05, 0.1) is 11.8 Å². The Morgan fingerprint density at radius 1 is 1.17 bits per heavy atom. The number of piperidine rings is 2. The molecule has 3 fully saturated rings. The highest BCUT2D eigenvalue weighted by atomic mass is 32.2. The molecule has 3 rings (SSSR count). The molecule has 1 saturated carbocycles. The molecule has 2 aliphatic heterocycles. The van der Waals surface area contributed by atoms with E-state index < -0.39 is 10.0 Å². The van der Waals surface area contributed by atoms with Gasteiger partial charge in [0.2, 0.25) is 15.9 Å². The number of hydrogen-bond acceptors (Lipinski definition) is 5. The topological polar surface area (TPSA) is 104 Å². The number of nitrogens with two attached hydrogens (primary N) is 1. The third-order valence-electron chi connectivity index (χ3n) is 5.91. The molecule has 1 spiro atoms. The van der Waals surface area contributed by atoms with Gasteiger partial charge in [0.25, 0.3) is 0 Å². The zero-order chi connectivity index (χ0) is 16.7. The van der Waals surface area contributed by atoms with Crippen LogP contribution >= 0.6 is 0 Å². The van der Waals surface area contributed by atoms with E-state index in [4.69, 9.17) is 5.73 Å². The van der Waals surface area contributed by atoms with Crippen LogP contribution < -0.4 is 5.73 Å². The van der Waals surface area contributed by atoms with E-state index in [1.807, 2.05) is 0 Å². The number of carbonyl (C=O) groups excluding carboxylic acids is 1. The SMILES string of the molecule is NC(=O)CN1CCC2(CC1)CCN(S(=O)(=O)C1CC1)C[C@@H]2CO. The van der Waals surface area contributed by atoms with Gasteiger partial charge in [-0.15, -0.1) is 0 Å². The number of amides is 1. The summed E-state index contributed by atoms with van der Waals surface area (Å²) in [7, 11) is -3.16. The Morgan fingerprint density at radius 2 is 1.78 bits per heavy atom. The second-order valence-electron chi connectivity index (χ2n) is 7.34. The number of likely N-dealkylation sites (tertiary alicyclic amines) is 1. The van der Waals surface area contributed by atoms with Gasteiger partial charge in [-0.25, -0.2) is 12.7 Å². The number of rotatable bonds is 5. The van der Waals surface area contributed by atoms with Crippen molar-refractivity contribution < 1.29 is 18.3 Å². The maximum Gasteiger partial charge on any atom is 0.231 e. The van der Waals surface area contributed by atoms with E-state index in [2.05, 4.69) is 4.90 Å². The highest BCUT2D eigenvalue weighted by Gasteiger charge is 2.49. The molecular weight excluding hydrogens is 318 g/mol. The quantitative estimate of drug-likeness (QED) is 0.690. The summed E-state index contributed by atoms with van der Waals surface area (Å²) >= 11 is 0. The van der Waals surface area contributed by atoms with Crippen molar-refractivity contribution in [3.8, 4) is 0 Å². The van der Waals surface area contributed by atoms with Crippen molar-refractivity contribution in [3.05, 3.63) is 0 Å². The fourth-order valence-corrected chi connectivity index (χ4v) is 6.06. The third kappa shape index (κ3) is 3.40. The van der Waals surface area contributed by atoms with Crippen molar-refractivity contribution in [2.24, 2.45) is 17.1 Å².